The lowest BCUT2D eigenvalue weighted by molar-refractivity contribution is -0.567. The van der Waals surface area contributed by atoms with Crippen molar-refractivity contribution in [2.24, 2.45) is 0 Å². The molecule has 0 heterocycles. The van der Waals surface area contributed by atoms with E-state index >= 15 is 0 Å². The first-order valence-electron chi connectivity index (χ1n) is 3.97. The minimum Gasteiger partial charge on any atom is -0.278 e. The molecule has 8 heteroatoms. The van der Waals surface area contributed by atoms with Crippen LogP contribution in [-0.4, -0.2) is 13.9 Å². The van der Waals surface area contributed by atoms with Gasteiger partial charge in [0, 0.05) is 5.56 Å². The Labute approximate surface area is 102 Å². The van der Waals surface area contributed by atoms with Crippen LogP contribution in [0.15, 0.2) is 24.3 Å². The van der Waals surface area contributed by atoms with Crippen LogP contribution in [0.2, 0.25) is 0 Å². The molecule has 0 fully saturated rings. The molecule has 1 rings (SSSR count). The van der Waals surface area contributed by atoms with Crippen LogP contribution in [0.3, 0.4) is 0 Å². The third kappa shape index (κ3) is 3.32. The Balaban J connectivity index is 2.77. The van der Waals surface area contributed by atoms with E-state index in [4.69, 9.17) is 0 Å². The topological polar surface area (TPSA) is 48.2 Å². The zero-order valence-corrected chi connectivity index (χ0v) is 11.0. The van der Waals surface area contributed by atoms with Gasteiger partial charge in [-0.05, 0) is 13.0 Å². The zero-order chi connectivity index (χ0) is 12.4. The van der Waals surface area contributed by atoms with Crippen LogP contribution in [0.4, 0.5) is 13.2 Å². The molecular formula is C8H7F3INO2S. The third-order valence-electron chi connectivity index (χ3n) is 1.59. The van der Waals surface area contributed by atoms with Crippen LogP contribution >= 0.6 is 0 Å². The van der Waals surface area contributed by atoms with Crippen molar-refractivity contribution in [2.45, 2.75) is 12.4 Å². The predicted octanol–water partition coefficient (Wildman–Crippen LogP) is -0.608. The molecule has 0 spiro atoms. The summed E-state index contributed by atoms with van der Waals surface area (Å²) in [5, 5.41) is 0. The molecule has 1 aromatic carbocycles. The Morgan fingerprint density at radius 3 is 2.31 bits per heavy atom. The second kappa shape index (κ2) is 4.88. The number of hydrogen-bond acceptors (Lipinski definition) is 2. The quantitative estimate of drug-likeness (QED) is 0.672. The van der Waals surface area contributed by atoms with E-state index in [1.165, 1.54) is 0 Å². The van der Waals surface area contributed by atoms with Gasteiger partial charge in [-0.2, -0.15) is 13.2 Å². The molecule has 0 saturated heterocycles. The van der Waals surface area contributed by atoms with Crippen LogP contribution in [0.5, 0.6) is 0 Å². The highest BCUT2D eigenvalue weighted by molar-refractivity contribution is 7.94. The molecule has 1 aromatic rings. The average Bonchev–Trinajstić information content (AvgIpc) is 2.15. The average molecular weight is 365 g/mol. The van der Waals surface area contributed by atoms with E-state index in [9.17, 15) is 21.6 Å². The van der Waals surface area contributed by atoms with Crippen molar-refractivity contribution in [3.05, 3.63) is 36.3 Å². The fourth-order valence-corrected chi connectivity index (χ4v) is 4.02. The molecule has 0 aliphatic carbocycles. The summed E-state index contributed by atoms with van der Waals surface area (Å²) in [4.78, 5) is 0. The number of rotatable bonds is 3. The Hall–Kier alpha value is -0.350. The lowest BCUT2D eigenvalue weighted by Crippen LogP contribution is -3.59. The van der Waals surface area contributed by atoms with Gasteiger partial charge in [0.2, 0.25) is 31.5 Å². The number of hydrogen-bond donors (Lipinski definition) is 0. The summed E-state index contributed by atoms with van der Waals surface area (Å²) in [7, 11) is -5.34. The standard InChI is InChI=1S/C8H7F3INO2S/c1-6-4-2-3-5-7(6)12-13-16(14,15)8(9,10)11/h2-5H,1H3. The van der Waals surface area contributed by atoms with Gasteiger partial charge in [0.1, 0.15) is 0 Å². The van der Waals surface area contributed by atoms with Crippen LogP contribution in [0, 0.1) is 10.5 Å². The second-order valence-corrected chi connectivity index (χ2v) is 7.20. The molecule has 0 atom stereocenters. The number of benzene rings is 1. The van der Waals surface area contributed by atoms with Gasteiger partial charge in [-0.15, -0.1) is 0 Å². The van der Waals surface area contributed by atoms with E-state index in [1.807, 2.05) is 0 Å². The third-order valence-corrected chi connectivity index (χ3v) is 6.30. The molecule has 90 valence electrons. The number of sulfonamides is 1. The summed E-state index contributed by atoms with van der Waals surface area (Å²) in [6, 6.07) is 6.64. The van der Waals surface area contributed by atoms with Gasteiger partial charge >= 0.3 is 5.51 Å². The first kappa shape index (κ1) is 13.7. The lowest BCUT2D eigenvalue weighted by Gasteiger charge is -2.11. The summed E-state index contributed by atoms with van der Waals surface area (Å²) in [6.07, 6.45) is 0. The molecule has 3 nitrogen and oxygen atoms in total. The van der Waals surface area contributed by atoms with Crippen molar-refractivity contribution in [2.75, 3.05) is 0 Å². The molecule has 0 aliphatic heterocycles. The molecule has 0 bridgehead atoms. The highest BCUT2D eigenvalue weighted by Gasteiger charge is 2.41. The number of alkyl halides is 3. The van der Waals surface area contributed by atoms with Gasteiger partial charge in [-0.3, -0.25) is 2.94 Å². The fraction of sp³-hybridized carbons (Fsp3) is 0.250. The van der Waals surface area contributed by atoms with Gasteiger partial charge in [0.05, 0.1) is 0 Å². The van der Waals surface area contributed by atoms with E-state index in [-0.39, 0.29) is 0 Å². The van der Waals surface area contributed by atoms with Crippen molar-refractivity contribution in [3.8, 4) is 0 Å². The highest BCUT2D eigenvalue weighted by atomic mass is 127. The lowest BCUT2D eigenvalue weighted by atomic mass is 10.2. The molecule has 16 heavy (non-hydrogen) atoms. The molecule has 0 aromatic heterocycles. The van der Waals surface area contributed by atoms with Gasteiger partial charge in [0.15, 0.2) is 3.57 Å². The first-order chi connectivity index (χ1) is 7.24. The Bertz CT molecular complexity index is 472. The van der Waals surface area contributed by atoms with E-state index in [0.717, 1.165) is 5.56 Å². The summed E-state index contributed by atoms with van der Waals surface area (Å²) >= 11 is -1.53. The van der Waals surface area contributed by atoms with Crippen LogP contribution < -0.4 is 21.5 Å². The van der Waals surface area contributed by atoms with Crippen molar-refractivity contribution in [1.82, 2.24) is 0 Å². The summed E-state index contributed by atoms with van der Waals surface area (Å²) in [5.74, 6) is 0. The maximum absolute atomic E-state index is 12.0. The molecule has 0 unspecified atom stereocenters. The van der Waals surface area contributed by atoms with E-state index in [0.29, 0.717) is 3.57 Å². The minimum atomic E-state index is -5.34. The summed E-state index contributed by atoms with van der Waals surface area (Å²) in [5.41, 5.74) is -4.55. The maximum Gasteiger partial charge on any atom is 0.482 e. The van der Waals surface area contributed by atoms with E-state index < -0.39 is 37.0 Å². The SMILES string of the molecule is Cc1ccccc1[I+][N-]S(=O)(=O)C(F)(F)F. The van der Waals surface area contributed by atoms with E-state index in [1.54, 1.807) is 31.2 Å². The van der Waals surface area contributed by atoms with Gasteiger partial charge in [0.25, 0.3) is 0 Å². The summed E-state index contributed by atoms with van der Waals surface area (Å²) < 4.78 is 60.6. The first-order valence-corrected chi connectivity index (χ1v) is 7.46. The normalized spacial score (nSPS) is 12.8. The molecule has 0 saturated carbocycles. The second-order valence-electron chi connectivity index (χ2n) is 2.82. The van der Waals surface area contributed by atoms with Crippen molar-refractivity contribution in [3.63, 3.8) is 0 Å². The van der Waals surface area contributed by atoms with Gasteiger partial charge < -0.3 is 0 Å². The van der Waals surface area contributed by atoms with E-state index in [2.05, 4.69) is 2.94 Å². The van der Waals surface area contributed by atoms with Crippen molar-refractivity contribution < 1.29 is 43.1 Å². The Morgan fingerprint density at radius 2 is 1.81 bits per heavy atom. The van der Waals surface area contributed by atoms with Crippen molar-refractivity contribution >= 4 is 10.0 Å². The monoisotopic (exact) mass is 365 g/mol. The zero-order valence-electron chi connectivity index (χ0n) is 7.99. The number of nitrogens with zero attached hydrogens (tertiary/aromatic N) is 1. The van der Waals surface area contributed by atoms with Crippen LogP contribution in [-0.2, 0) is 10.0 Å². The number of halogens is 4. The number of aryl methyl sites for hydroxylation is 1. The van der Waals surface area contributed by atoms with Crippen molar-refractivity contribution in [1.29, 1.82) is 0 Å². The minimum absolute atomic E-state index is 0.564. The summed E-state index contributed by atoms with van der Waals surface area (Å²) in [6.45, 7) is 1.70. The van der Waals surface area contributed by atoms with Crippen LogP contribution in [0.1, 0.15) is 5.56 Å². The predicted molar refractivity (Wildman–Crippen MR) is 48.2 cm³/mol. The molecule has 0 N–H and O–H groups in total. The van der Waals surface area contributed by atoms with Gasteiger partial charge in [-0.25, -0.2) is 8.42 Å². The molecule has 0 aliphatic rings. The smallest absolute Gasteiger partial charge is 0.278 e. The Kier molecular flexibility index (Phi) is 4.18. The van der Waals surface area contributed by atoms with Gasteiger partial charge in [-0.1, -0.05) is 18.2 Å². The van der Waals surface area contributed by atoms with Crippen LogP contribution in [0.25, 0.3) is 2.94 Å². The maximum atomic E-state index is 12.0. The molecule has 0 amide bonds. The Morgan fingerprint density at radius 1 is 1.25 bits per heavy atom. The molecular weight excluding hydrogens is 358 g/mol. The molecule has 0 radical (unpaired) electrons. The largest absolute Gasteiger partial charge is 0.482 e. The fourth-order valence-electron chi connectivity index (χ4n) is 0.768. The highest BCUT2D eigenvalue weighted by Crippen LogP contribution is 2.24.